The van der Waals surface area contributed by atoms with Crippen LogP contribution in [0.15, 0.2) is 69.5 Å². The fourth-order valence-electron chi connectivity index (χ4n) is 2.76. The monoisotopic (exact) mass is 456 g/mol. The summed E-state index contributed by atoms with van der Waals surface area (Å²) < 4.78 is 27.6. The number of nitrogens with zero attached hydrogens (tertiary/aromatic N) is 2. The number of nitrogens with one attached hydrogen (secondary N) is 2. The van der Waals surface area contributed by atoms with Gasteiger partial charge in [-0.25, -0.2) is 13.8 Å². The molecule has 7 nitrogen and oxygen atoms in total. The number of rotatable bonds is 6. The van der Waals surface area contributed by atoms with Crippen molar-refractivity contribution in [2.45, 2.75) is 37.3 Å². The van der Waals surface area contributed by atoms with E-state index in [1.807, 2.05) is 24.3 Å². The standard InChI is InChI=1S/C22H24N4O3S2/c1-15(16-7-9-17(10-8-16)22(2,3)4)24-25-21(27)18-11-12-23-14-19(18)26-31(28,29)20-6-5-13-30-20/h5-14,26H,1-4H3,(H,25,27)/b24-15-. The van der Waals surface area contributed by atoms with Crippen LogP contribution in [0.25, 0.3) is 0 Å². The third-order valence-electron chi connectivity index (χ3n) is 4.56. The number of carbonyl (C=O) groups excluding carboxylic acids is 1. The summed E-state index contributed by atoms with van der Waals surface area (Å²) in [5.41, 5.74) is 5.45. The summed E-state index contributed by atoms with van der Waals surface area (Å²) in [6.45, 7) is 8.21. The summed E-state index contributed by atoms with van der Waals surface area (Å²) in [5, 5.41) is 5.84. The van der Waals surface area contributed by atoms with Crippen LogP contribution in [0.1, 0.15) is 49.2 Å². The summed E-state index contributed by atoms with van der Waals surface area (Å²) >= 11 is 1.08. The lowest BCUT2D eigenvalue weighted by Crippen LogP contribution is -2.22. The van der Waals surface area contributed by atoms with Crippen LogP contribution in [0.5, 0.6) is 0 Å². The van der Waals surface area contributed by atoms with E-state index in [9.17, 15) is 13.2 Å². The van der Waals surface area contributed by atoms with Crippen LogP contribution in [0.3, 0.4) is 0 Å². The van der Waals surface area contributed by atoms with Gasteiger partial charge < -0.3 is 0 Å². The minimum absolute atomic E-state index is 0.0476. The number of carbonyl (C=O) groups is 1. The van der Waals surface area contributed by atoms with Crippen LogP contribution in [0.2, 0.25) is 0 Å². The van der Waals surface area contributed by atoms with E-state index in [0.717, 1.165) is 16.9 Å². The summed E-state index contributed by atoms with van der Waals surface area (Å²) in [6.07, 6.45) is 2.71. The zero-order valence-corrected chi connectivity index (χ0v) is 19.3. The zero-order valence-electron chi connectivity index (χ0n) is 17.7. The molecule has 2 aromatic heterocycles. The fourth-order valence-corrected chi connectivity index (χ4v) is 4.81. The molecule has 31 heavy (non-hydrogen) atoms. The van der Waals surface area contributed by atoms with Gasteiger partial charge in [0.2, 0.25) is 0 Å². The highest BCUT2D eigenvalue weighted by atomic mass is 32.2. The number of thiophene rings is 1. The molecule has 3 aromatic rings. The lowest BCUT2D eigenvalue weighted by molar-refractivity contribution is 0.0955. The molecule has 0 fully saturated rings. The quantitative estimate of drug-likeness (QED) is 0.424. The van der Waals surface area contributed by atoms with Gasteiger partial charge in [-0.1, -0.05) is 51.1 Å². The summed E-state index contributed by atoms with van der Waals surface area (Å²) in [7, 11) is -3.80. The Balaban J connectivity index is 1.77. The number of hydrazone groups is 1. The molecule has 0 radical (unpaired) electrons. The Bertz CT molecular complexity index is 1190. The van der Waals surface area contributed by atoms with E-state index in [1.165, 1.54) is 30.1 Å². The predicted molar refractivity (Wildman–Crippen MR) is 124 cm³/mol. The van der Waals surface area contributed by atoms with Crippen LogP contribution >= 0.6 is 11.3 Å². The molecule has 0 unspecified atom stereocenters. The third-order valence-corrected chi connectivity index (χ3v) is 7.33. The fraction of sp³-hybridized carbons (Fsp3) is 0.227. The minimum Gasteiger partial charge on any atom is -0.277 e. The molecule has 0 atom stereocenters. The second kappa shape index (κ2) is 8.99. The Morgan fingerprint density at radius 2 is 1.81 bits per heavy atom. The first kappa shape index (κ1) is 22.6. The normalized spacial score (nSPS) is 12.5. The molecule has 9 heteroatoms. The van der Waals surface area contributed by atoms with Crippen LogP contribution in [0, 0.1) is 0 Å². The lowest BCUT2D eigenvalue weighted by Gasteiger charge is -2.19. The van der Waals surface area contributed by atoms with E-state index in [0.29, 0.717) is 5.71 Å². The summed E-state index contributed by atoms with van der Waals surface area (Å²) in [5.74, 6) is -0.544. The van der Waals surface area contributed by atoms with Crippen LogP contribution in [-0.2, 0) is 15.4 Å². The average Bonchev–Trinajstić information content (AvgIpc) is 3.27. The van der Waals surface area contributed by atoms with E-state index in [4.69, 9.17) is 0 Å². The highest BCUT2D eigenvalue weighted by Gasteiger charge is 2.20. The number of benzene rings is 1. The Labute approximate surface area is 186 Å². The largest absolute Gasteiger partial charge is 0.277 e. The molecular weight excluding hydrogens is 432 g/mol. The number of pyridine rings is 1. The van der Waals surface area contributed by atoms with Gasteiger partial charge in [0.25, 0.3) is 15.9 Å². The van der Waals surface area contributed by atoms with Gasteiger partial charge in [-0.3, -0.25) is 14.5 Å². The van der Waals surface area contributed by atoms with Gasteiger partial charge in [0.1, 0.15) is 4.21 Å². The van der Waals surface area contributed by atoms with E-state index in [-0.39, 0.29) is 20.9 Å². The van der Waals surface area contributed by atoms with E-state index in [2.05, 4.69) is 41.0 Å². The van der Waals surface area contributed by atoms with Crippen LogP contribution < -0.4 is 10.1 Å². The molecule has 2 heterocycles. The maximum absolute atomic E-state index is 12.7. The number of anilines is 1. The van der Waals surface area contributed by atoms with Crippen molar-refractivity contribution in [1.29, 1.82) is 0 Å². The second-order valence-corrected chi connectivity index (χ2v) is 10.8. The van der Waals surface area contributed by atoms with Gasteiger partial charge in [-0.05, 0) is 41.0 Å². The Morgan fingerprint density at radius 3 is 2.42 bits per heavy atom. The van der Waals surface area contributed by atoms with Crippen molar-refractivity contribution in [2.75, 3.05) is 4.72 Å². The van der Waals surface area contributed by atoms with Crippen molar-refractivity contribution in [3.05, 3.63) is 76.9 Å². The number of hydrogen-bond acceptors (Lipinski definition) is 6. The van der Waals surface area contributed by atoms with Crippen molar-refractivity contribution in [3.8, 4) is 0 Å². The molecule has 0 aliphatic rings. The van der Waals surface area contributed by atoms with Crippen molar-refractivity contribution in [2.24, 2.45) is 5.10 Å². The van der Waals surface area contributed by atoms with Gasteiger partial charge in [-0.2, -0.15) is 5.10 Å². The molecule has 0 bridgehead atoms. The molecule has 0 aliphatic carbocycles. The van der Waals surface area contributed by atoms with Crippen molar-refractivity contribution < 1.29 is 13.2 Å². The summed E-state index contributed by atoms with van der Waals surface area (Å²) in [4.78, 5) is 16.6. The Kier molecular flexibility index (Phi) is 6.56. The zero-order chi connectivity index (χ0) is 22.6. The topological polar surface area (TPSA) is 101 Å². The van der Waals surface area contributed by atoms with Gasteiger partial charge in [0.05, 0.1) is 23.2 Å². The van der Waals surface area contributed by atoms with E-state index >= 15 is 0 Å². The number of amides is 1. The van der Waals surface area contributed by atoms with Crippen LogP contribution in [0.4, 0.5) is 5.69 Å². The molecular formula is C22H24N4O3S2. The molecule has 0 saturated carbocycles. The van der Waals surface area contributed by atoms with E-state index in [1.54, 1.807) is 18.4 Å². The number of aromatic nitrogens is 1. The second-order valence-electron chi connectivity index (χ2n) is 7.92. The number of sulfonamides is 1. The van der Waals surface area contributed by atoms with Gasteiger partial charge in [-0.15, -0.1) is 11.3 Å². The maximum Gasteiger partial charge on any atom is 0.273 e. The SMILES string of the molecule is C/C(=N/NC(=O)c1ccncc1NS(=O)(=O)c1cccs1)c1ccc(C(C)(C)C)cc1. The first-order chi connectivity index (χ1) is 14.6. The highest BCUT2D eigenvalue weighted by Crippen LogP contribution is 2.23. The van der Waals surface area contributed by atoms with Gasteiger partial charge in [0.15, 0.2) is 0 Å². The maximum atomic E-state index is 12.7. The van der Waals surface area contributed by atoms with Gasteiger partial charge in [0, 0.05) is 6.20 Å². The smallest absolute Gasteiger partial charge is 0.273 e. The van der Waals surface area contributed by atoms with Crippen LogP contribution in [-0.4, -0.2) is 25.0 Å². The Morgan fingerprint density at radius 1 is 1.10 bits per heavy atom. The molecule has 0 spiro atoms. The minimum atomic E-state index is -3.80. The van der Waals surface area contributed by atoms with Crippen molar-refractivity contribution >= 4 is 38.7 Å². The number of hydrogen-bond donors (Lipinski definition) is 2. The molecule has 1 aromatic carbocycles. The van der Waals surface area contributed by atoms with E-state index < -0.39 is 15.9 Å². The predicted octanol–water partition coefficient (Wildman–Crippen LogP) is 4.40. The lowest BCUT2D eigenvalue weighted by atomic mass is 9.86. The highest BCUT2D eigenvalue weighted by molar-refractivity contribution is 7.94. The third kappa shape index (κ3) is 5.56. The molecule has 3 rings (SSSR count). The van der Waals surface area contributed by atoms with Crippen molar-refractivity contribution in [1.82, 2.24) is 10.4 Å². The molecule has 162 valence electrons. The summed E-state index contributed by atoms with van der Waals surface area (Å²) in [6, 6.07) is 12.6. The first-order valence-electron chi connectivity index (χ1n) is 9.54. The van der Waals surface area contributed by atoms with Crippen molar-refractivity contribution in [3.63, 3.8) is 0 Å². The molecule has 2 N–H and O–H groups in total. The molecule has 1 amide bonds. The van der Waals surface area contributed by atoms with Gasteiger partial charge >= 0.3 is 0 Å². The first-order valence-corrected chi connectivity index (χ1v) is 11.9. The molecule has 0 saturated heterocycles. The average molecular weight is 457 g/mol. The Hall–Kier alpha value is -3.04. The molecule has 0 aliphatic heterocycles.